The van der Waals surface area contributed by atoms with E-state index in [0.29, 0.717) is 11.4 Å². The third-order valence-electron chi connectivity index (χ3n) is 3.48. The minimum Gasteiger partial charge on any atom is -0.399 e. The molecule has 0 radical (unpaired) electrons. The van der Waals surface area contributed by atoms with Crippen LogP contribution in [-0.4, -0.2) is 31.8 Å². The highest BCUT2D eigenvalue weighted by Gasteiger charge is 2.26. The van der Waals surface area contributed by atoms with Crippen molar-refractivity contribution in [1.29, 1.82) is 0 Å². The number of nitrogens with one attached hydrogen (secondary N) is 1. The molecule has 0 saturated heterocycles. The number of imide groups is 1. The Morgan fingerprint density at radius 2 is 1.60 bits per heavy atom. The van der Waals surface area contributed by atoms with Gasteiger partial charge in [0.2, 0.25) is 5.91 Å². The minimum atomic E-state index is -0.965. The van der Waals surface area contributed by atoms with Crippen LogP contribution >= 0.6 is 0 Å². The molecule has 3 amide bonds. The van der Waals surface area contributed by atoms with Gasteiger partial charge in [-0.25, -0.2) is 4.90 Å². The number of carbonyl (C=O) groups is 3. The van der Waals surface area contributed by atoms with E-state index >= 15 is 0 Å². The van der Waals surface area contributed by atoms with Crippen molar-refractivity contribution in [2.45, 2.75) is 6.92 Å². The van der Waals surface area contributed by atoms with Crippen molar-refractivity contribution < 1.29 is 14.4 Å². The Hall–Kier alpha value is -3.35. The molecule has 0 aliphatic rings. The predicted octanol–water partition coefficient (Wildman–Crippen LogP) is 1.85. The van der Waals surface area contributed by atoms with E-state index in [4.69, 9.17) is 5.73 Å². The van der Waals surface area contributed by atoms with Gasteiger partial charge < -0.3 is 16.0 Å². The third kappa shape index (κ3) is 4.35. The van der Waals surface area contributed by atoms with Crippen molar-refractivity contribution >= 4 is 40.5 Å². The normalized spacial score (nSPS) is 10.0. The topological polar surface area (TPSA) is 95.7 Å². The average molecular weight is 340 g/mol. The quantitative estimate of drug-likeness (QED) is 0.657. The highest BCUT2D eigenvalue weighted by molar-refractivity contribution is 6.48. The summed E-state index contributed by atoms with van der Waals surface area (Å²) in [6.07, 6.45) is 0. The Balaban J connectivity index is 2.21. The molecule has 0 saturated carbocycles. The molecule has 2 aromatic rings. The molecule has 0 bridgehead atoms. The van der Waals surface area contributed by atoms with Gasteiger partial charge in [-0.2, -0.15) is 0 Å². The van der Waals surface area contributed by atoms with E-state index in [0.717, 1.165) is 10.6 Å². The van der Waals surface area contributed by atoms with Gasteiger partial charge in [0.15, 0.2) is 0 Å². The van der Waals surface area contributed by atoms with Crippen LogP contribution in [0.1, 0.15) is 6.92 Å². The molecule has 2 rings (SSSR count). The largest absolute Gasteiger partial charge is 0.399 e. The maximum atomic E-state index is 12.4. The average Bonchev–Trinajstić information content (AvgIpc) is 2.56. The molecule has 130 valence electrons. The van der Waals surface area contributed by atoms with Gasteiger partial charge in [0.05, 0.1) is 5.69 Å². The van der Waals surface area contributed by atoms with E-state index in [9.17, 15) is 14.4 Å². The molecule has 2 aromatic carbocycles. The third-order valence-corrected chi connectivity index (χ3v) is 3.48. The van der Waals surface area contributed by atoms with Gasteiger partial charge in [0.25, 0.3) is 0 Å². The fraction of sp³-hybridized carbons (Fsp3) is 0.167. The zero-order chi connectivity index (χ0) is 18.6. The second-order valence-corrected chi connectivity index (χ2v) is 5.65. The molecule has 0 aliphatic heterocycles. The number of nitrogens with zero attached hydrogens (tertiary/aromatic N) is 2. The maximum Gasteiger partial charge on any atom is 0.323 e. The van der Waals surface area contributed by atoms with E-state index in [1.54, 1.807) is 30.3 Å². The Bertz CT molecular complexity index is 800. The van der Waals surface area contributed by atoms with E-state index < -0.39 is 17.7 Å². The van der Waals surface area contributed by atoms with Gasteiger partial charge in [-0.3, -0.25) is 14.4 Å². The summed E-state index contributed by atoms with van der Waals surface area (Å²) in [4.78, 5) is 39.3. The molecule has 0 unspecified atom stereocenters. The van der Waals surface area contributed by atoms with Crippen molar-refractivity contribution in [3.63, 3.8) is 0 Å². The number of hydrogen-bond acceptors (Lipinski definition) is 5. The van der Waals surface area contributed by atoms with E-state index in [-0.39, 0.29) is 5.69 Å². The first-order chi connectivity index (χ1) is 11.8. The highest BCUT2D eigenvalue weighted by Crippen LogP contribution is 2.19. The summed E-state index contributed by atoms with van der Waals surface area (Å²) in [5.41, 5.74) is 7.71. The van der Waals surface area contributed by atoms with Crippen molar-refractivity contribution in [2.24, 2.45) is 0 Å². The lowest BCUT2D eigenvalue weighted by atomic mass is 10.2. The Morgan fingerprint density at radius 3 is 2.16 bits per heavy atom. The number of benzene rings is 2. The molecule has 25 heavy (non-hydrogen) atoms. The first kappa shape index (κ1) is 18.0. The van der Waals surface area contributed by atoms with E-state index in [1.165, 1.54) is 19.1 Å². The molecule has 7 heteroatoms. The fourth-order valence-electron chi connectivity index (χ4n) is 2.21. The summed E-state index contributed by atoms with van der Waals surface area (Å²) in [6.45, 7) is 1.22. The molecule has 3 N–H and O–H groups in total. The maximum absolute atomic E-state index is 12.4. The lowest BCUT2D eigenvalue weighted by Crippen LogP contribution is -2.42. The summed E-state index contributed by atoms with van der Waals surface area (Å²) in [5, 5.41) is 2.52. The summed E-state index contributed by atoms with van der Waals surface area (Å²) >= 11 is 0. The molecule has 0 atom stereocenters. The first-order valence-corrected chi connectivity index (χ1v) is 7.58. The molecule has 0 aliphatic carbocycles. The molecular formula is C18H20N4O3. The number of hydrogen-bond donors (Lipinski definition) is 2. The zero-order valence-electron chi connectivity index (χ0n) is 14.3. The van der Waals surface area contributed by atoms with Crippen LogP contribution in [-0.2, 0) is 14.4 Å². The lowest BCUT2D eigenvalue weighted by molar-refractivity contribution is -0.136. The van der Waals surface area contributed by atoms with Gasteiger partial charge in [0.1, 0.15) is 0 Å². The van der Waals surface area contributed by atoms with Gasteiger partial charge in [-0.1, -0.05) is 6.07 Å². The smallest absolute Gasteiger partial charge is 0.323 e. The standard InChI is InChI=1S/C18H20N4O3/c1-12(23)22(15-9-7-13(19)8-10-15)18(25)17(24)20-14-5-4-6-16(11-14)21(2)3/h4-11H,19H2,1-3H3,(H,20,24). The molecular weight excluding hydrogens is 320 g/mol. The van der Waals surface area contributed by atoms with Gasteiger partial charge in [-0.15, -0.1) is 0 Å². The zero-order valence-corrected chi connectivity index (χ0v) is 14.3. The van der Waals surface area contributed by atoms with Crippen LogP contribution in [0.2, 0.25) is 0 Å². The van der Waals surface area contributed by atoms with Crippen LogP contribution in [0.3, 0.4) is 0 Å². The second kappa shape index (κ2) is 7.48. The number of carbonyl (C=O) groups excluding carboxylic acids is 3. The molecule has 0 fully saturated rings. The summed E-state index contributed by atoms with van der Waals surface area (Å²) in [5.74, 6) is -2.43. The fourth-order valence-corrected chi connectivity index (χ4v) is 2.21. The van der Waals surface area contributed by atoms with Gasteiger partial charge in [-0.05, 0) is 42.5 Å². The van der Waals surface area contributed by atoms with Crippen LogP contribution in [0.15, 0.2) is 48.5 Å². The number of rotatable bonds is 3. The Labute approximate surface area is 146 Å². The monoisotopic (exact) mass is 340 g/mol. The second-order valence-electron chi connectivity index (χ2n) is 5.65. The molecule has 7 nitrogen and oxygen atoms in total. The van der Waals surface area contributed by atoms with Crippen LogP contribution in [0.25, 0.3) is 0 Å². The Kier molecular flexibility index (Phi) is 5.38. The minimum absolute atomic E-state index is 0.281. The van der Waals surface area contributed by atoms with Gasteiger partial charge >= 0.3 is 11.8 Å². The highest BCUT2D eigenvalue weighted by atomic mass is 16.2. The summed E-state index contributed by atoms with van der Waals surface area (Å²) in [6, 6.07) is 13.1. The number of nitrogen functional groups attached to an aromatic ring is 1. The van der Waals surface area contributed by atoms with Crippen LogP contribution in [0, 0.1) is 0 Å². The van der Waals surface area contributed by atoms with Crippen molar-refractivity contribution in [3.05, 3.63) is 48.5 Å². The van der Waals surface area contributed by atoms with E-state index in [1.807, 2.05) is 25.1 Å². The molecule has 0 aromatic heterocycles. The first-order valence-electron chi connectivity index (χ1n) is 7.58. The van der Waals surface area contributed by atoms with Crippen LogP contribution in [0.5, 0.6) is 0 Å². The number of nitrogens with two attached hydrogens (primary N) is 1. The number of amides is 3. The SMILES string of the molecule is CC(=O)N(C(=O)C(=O)Nc1cccc(N(C)C)c1)c1ccc(N)cc1. The predicted molar refractivity (Wildman–Crippen MR) is 98.4 cm³/mol. The molecule has 0 heterocycles. The van der Waals surface area contributed by atoms with Gasteiger partial charge in [0, 0.05) is 38.1 Å². The summed E-state index contributed by atoms with van der Waals surface area (Å²) < 4.78 is 0. The van der Waals surface area contributed by atoms with Crippen LogP contribution < -0.4 is 20.9 Å². The van der Waals surface area contributed by atoms with Crippen molar-refractivity contribution in [3.8, 4) is 0 Å². The summed E-state index contributed by atoms with van der Waals surface area (Å²) in [7, 11) is 3.73. The lowest BCUT2D eigenvalue weighted by Gasteiger charge is -2.19. The number of anilines is 4. The van der Waals surface area contributed by atoms with Crippen LogP contribution in [0.4, 0.5) is 22.7 Å². The van der Waals surface area contributed by atoms with Crippen molar-refractivity contribution in [1.82, 2.24) is 0 Å². The van der Waals surface area contributed by atoms with Crippen molar-refractivity contribution in [2.75, 3.05) is 34.9 Å². The Morgan fingerprint density at radius 1 is 0.960 bits per heavy atom. The molecule has 0 spiro atoms. The van der Waals surface area contributed by atoms with E-state index in [2.05, 4.69) is 5.32 Å².